The molecule has 0 aromatic carbocycles. The zero-order valence-electron chi connectivity index (χ0n) is 20.5. The Morgan fingerprint density at radius 3 is 2.82 bits per heavy atom. The Hall–Kier alpha value is -3.15. The van der Waals surface area contributed by atoms with E-state index >= 15 is 0 Å². The first-order chi connectivity index (χ1) is 18.2. The number of thiazole rings is 1. The number of fused-ring (bicyclic) bond motifs is 1. The molecule has 3 aliphatic heterocycles. The lowest BCUT2D eigenvalue weighted by Crippen LogP contribution is -2.71. The second kappa shape index (κ2) is 11.7. The van der Waals surface area contributed by atoms with Gasteiger partial charge in [-0.3, -0.25) is 19.9 Å². The smallest absolute Gasteiger partial charge is 0.352 e. The van der Waals surface area contributed by atoms with Crippen molar-refractivity contribution in [1.29, 1.82) is 5.41 Å². The summed E-state index contributed by atoms with van der Waals surface area (Å²) in [6.45, 7) is 4.44. The zero-order chi connectivity index (χ0) is 27.6. The van der Waals surface area contributed by atoms with Gasteiger partial charge in [0.15, 0.2) is 16.0 Å². The number of nitrogens with zero attached hydrogens (tertiary/aromatic N) is 5. The van der Waals surface area contributed by atoms with Crippen molar-refractivity contribution in [3.05, 3.63) is 22.3 Å². The first kappa shape index (κ1) is 27.9. The number of carbonyl (C=O) groups excluding carboxylic acids is 2. The Morgan fingerprint density at radius 2 is 2.18 bits per heavy atom. The van der Waals surface area contributed by atoms with Gasteiger partial charge in [0, 0.05) is 29.9 Å². The van der Waals surface area contributed by atoms with Gasteiger partial charge in [-0.15, -0.1) is 23.1 Å². The maximum atomic E-state index is 13.1. The number of carbonyl (C=O) groups is 3. The van der Waals surface area contributed by atoms with Gasteiger partial charge < -0.3 is 31.6 Å². The maximum absolute atomic E-state index is 13.1. The molecule has 2 amide bonds. The average Bonchev–Trinajstić information content (AvgIpc) is 3.30. The SMILES string of the molecule is CCON=C(C(=O)NC1C(=O)N2C(C(=O)O)=C(CSC3=NC(=N)CC(N)N3CC)CS[C@@H]12)c1csc(N)n1. The summed E-state index contributed by atoms with van der Waals surface area (Å²) in [5.41, 5.74) is 12.3. The lowest BCUT2D eigenvalue weighted by molar-refractivity contribution is -0.150. The number of nitrogen functional groups attached to an aromatic ring is 1. The second-order valence-electron chi connectivity index (χ2n) is 8.23. The number of hydrogen-bond donors (Lipinski definition) is 5. The molecule has 2 unspecified atom stereocenters. The molecule has 1 fully saturated rings. The molecular formula is C21H27N9O5S3. The Bertz CT molecular complexity index is 1250. The number of carboxylic acids is 1. The number of hydrogen-bond acceptors (Lipinski definition) is 13. The number of anilines is 1. The van der Waals surface area contributed by atoms with Crippen LogP contribution in [0.15, 0.2) is 26.8 Å². The van der Waals surface area contributed by atoms with Crippen molar-refractivity contribution >= 4 is 74.5 Å². The van der Waals surface area contributed by atoms with E-state index in [1.165, 1.54) is 28.4 Å². The van der Waals surface area contributed by atoms with Gasteiger partial charge in [-0.2, -0.15) is 0 Å². The standard InChI is InChI=1S/C21H27N9O5S3/c1-3-29-12(23)5-11(22)26-21(29)38-7-9-6-36-18-14(17(32)30(18)15(9)19(33)34)27-16(31)13(28-35-4-2)10-8-37-20(24)25-10/h8,12,14,18,22H,3-7,23H2,1-2H3,(H2,24,25)(H,27,31)(H,33,34)/t12?,14?,18-/m0/s1. The number of amidine groups is 2. The van der Waals surface area contributed by atoms with Gasteiger partial charge >= 0.3 is 5.97 Å². The normalized spacial score (nSPS) is 23.6. The van der Waals surface area contributed by atoms with Crippen LogP contribution >= 0.6 is 34.9 Å². The summed E-state index contributed by atoms with van der Waals surface area (Å²) in [5.74, 6) is -1.70. The van der Waals surface area contributed by atoms with E-state index < -0.39 is 29.2 Å². The summed E-state index contributed by atoms with van der Waals surface area (Å²) in [6, 6.07) is -0.948. The van der Waals surface area contributed by atoms with Gasteiger partial charge in [-0.25, -0.2) is 14.8 Å². The maximum Gasteiger partial charge on any atom is 0.352 e. The molecule has 0 spiro atoms. The molecule has 3 atom stereocenters. The van der Waals surface area contributed by atoms with Crippen molar-refractivity contribution in [2.45, 2.75) is 37.8 Å². The van der Waals surface area contributed by atoms with E-state index in [-0.39, 0.29) is 46.6 Å². The molecular weight excluding hydrogens is 554 g/mol. The molecule has 1 aromatic heterocycles. The monoisotopic (exact) mass is 581 g/mol. The van der Waals surface area contributed by atoms with Gasteiger partial charge in [0.25, 0.3) is 11.8 Å². The number of oxime groups is 1. The number of aromatic nitrogens is 1. The molecule has 0 saturated carbocycles. The predicted octanol–water partition coefficient (Wildman–Crippen LogP) is 0.281. The molecule has 0 bridgehead atoms. The number of nitrogens with one attached hydrogen (secondary N) is 2. The van der Waals surface area contributed by atoms with Crippen molar-refractivity contribution in [2.75, 3.05) is 30.4 Å². The van der Waals surface area contributed by atoms with Gasteiger partial charge in [-0.05, 0) is 19.4 Å². The fraction of sp³-hybridized carbons (Fsp3) is 0.476. The Balaban J connectivity index is 1.49. The largest absolute Gasteiger partial charge is 0.477 e. The molecule has 4 rings (SSSR count). The third-order valence-corrected chi connectivity index (χ3v) is 8.89. The van der Waals surface area contributed by atoms with E-state index in [1.54, 1.807) is 12.3 Å². The van der Waals surface area contributed by atoms with E-state index in [4.69, 9.17) is 21.7 Å². The molecule has 4 heterocycles. The number of rotatable bonds is 9. The highest BCUT2D eigenvalue weighted by Crippen LogP contribution is 2.41. The summed E-state index contributed by atoms with van der Waals surface area (Å²) >= 11 is 3.76. The second-order valence-corrected chi connectivity index (χ2v) is 11.2. The highest BCUT2D eigenvalue weighted by Gasteiger charge is 2.54. The van der Waals surface area contributed by atoms with Crippen LogP contribution in [0.25, 0.3) is 0 Å². The van der Waals surface area contributed by atoms with Crippen LogP contribution in [0.3, 0.4) is 0 Å². The number of aliphatic imine (C=N–C) groups is 1. The average molecular weight is 582 g/mol. The first-order valence-corrected chi connectivity index (χ1v) is 14.5. The lowest BCUT2D eigenvalue weighted by Gasteiger charge is -2.49. The third kappa shape index (κ3) is 5.50. The van der Waals surface area contributed by atoms with Gasteiger partial charge in [0.2, 0.25) is 0 Å². The molecule has 0 radical (unpaired) electrons. The van der Waals surface area contributed by atoms with E-state index in [0.29, 0.717) is 29.5 Å². The lowest BCUT2D eigenvalue weighted by atomic mass is 10.0. The summed E-state index contributed by atoms with van der Waals surface area (Å²) in [7, 11) is 0. The van der Waals surface area contributed by atoms with Gasteiger partial charge in [0.1, 0.15) is 35.2 Å². The topological polar surface area (TPSA) is 213 Å². The van der Waals surface area contributed by atoms with Crippen LogP contribution in [0.1, 0.15) is 26.0 Å². The number of carboxylic acid groups (broad SMARTS) is 1. The van der Waals surface area contributed by atoms with E-state index in [1.807, 2.05) is 11.8 Å². The van der Waals surface area contributed by atoms with Crippen molar-refractivity contribution in [1.82, 2.24) is 20.1 Å². The summed E-state index contributed by atoms with van der Waals surface area (Å²) in [4.78, 5) is 54.7. The fourth-order valence-electron chi connectivity index (χ4n) is 4.05. The molecule has 3 aliphatic rings. The van der Waals surface area contributed by atoms with Crippen LogP contribution in [-0.4, -0.2) is 96.6 Å². The molecule has 204 valence electrons. The van der Waals surface area contributed by atoms with Crippen LogP contribution in [0.2, 0.25) is 0 Å². The Morgan fingerprint density at radius 1 is 1.42 bits per heavy atom. The summed E-state index contributed by atoms with van der Waals surface area (Å²) in [6.07, 6.45) is -0.0375. The van der Waals surface area contributed by atoms with Crippen LogP contribution in [0, 0.1) is 5.41 Å². The summed E-state index contributed by atoms with van der Waals surface area (Å²) < 4.78 is 0. The van der Waals surface area contributed by atoms with E-state index in [2.05, 4.69) is 20.4 Å². The number of thioether (sulfide) groups is 2. The van der Waals surface area contributed by atoms with Crippen LogP contribution < -0.4 is 16.8 Å². The minimum absolute atomic E-state index is 0.105. The van der Waals surface area contributed by atoms with Crippen LogP contribution in [0.4, 0.5) is 5.13 Å². The molecule has 14 nitrogen and oxygen atoms in total. The number of nitrogens with two attached hydrogens (primary N) is 2. The number of β-lactam (4-membered cyclic amide) rings is 1. The molecule has 17 heteroatoms. The van der Waals surface area contributed by atoms with E-state index in [0.717, 1.165) is 11.3 Å². The minimum Gasteiger partial charge on any atom is -0.477 e. The van der Waals surface area contributed by atoms with Crippen molar-refractivity contribution in [3.8, 4) is 0 Å². The third-order valence-electron chi connectivity index (χ3n) is 5.80. The number of aliphatic carboxylic acids is 1. The van der Waals surface area contributed by atoms with Crippen molar-refractivity contribution < 1.29 is 24.3 Å². The van der Waals surface area contributed by atoms with Crippen molar-refractivity contribution in [2.24, 2.45) is 15.9 Å². The molecule has 7 N–H and O–H groups in total. The van der Waals surface area contributed by atoms with Crippen LogP contribution in [0.5, 0.6) is 0 Å². The highest BCUT2D eigenvalue weighted by atomic mass is 32.2. The highest BCUT2D eigenvalue weighted by molar-refractivity contribution is 8.14. The predicted molar refractivity (Wildman–Crippen MR) is 147 cm³/mol. The van der Waals surface area contributed by atoms with E-state index in [9.17, 15) is 19.5 Å². The van der Waals surface area contributed by atoms with Gasteiger partial charge in [0.05, 0.1) is 6.17 Å². The van der Waals surface area contributed by atoms with Crippen LogP contribution in [-0.2, 0) is 19.2 Å². The Kier molecular flexibility index (Phi) is 8.59. The summed E-state index contributed by atoms with van der Waals surface area (Å²) in [5, 5.41) is 26.1. The number of amides is 2. The molecule has 38 heavy (non-hydrogen) atoms. The Labute approximate surface area is 230 Å². The molecule has 1 aromatic rings. The first-order valence-electron chi connectivity index (χ1n) is 11.6. The molecule has 1 saturated heterocycles. The van der Waals surface area contributed by atoms with Gasteiger partial charge in [-0.1, -0.05) is 16.9 Å². The molecule has 0 aliphatic carbocycles. The van der Waals surface area contributed by atoms with Crippen molar-refractivity contribution in [3.63, 3.8) is 0 Å². The zero-order valence-corrected chi connectivity index (χ0v) is 23.0. The quantitative estimate of drug-likeness (QED) is 0.152. The minimum atomic E-state index is -1.23. The fourth-order valence-corrected chi connectivity index (χ4v) is 7.22.